The number of nitrogens with two attached hydrogens (primary N) is 1. The second kappa shape index (κ2) is 10.3. The number of fused-ring (bicyclic) bond motifs is 1. The predicted octanol–water partition coefficient (Wildman–Crippen LogP) is 5.09. The van der Waals surface area contributed by atoms with Crippen LogP contribution in [0.25, 0.3) is 0 Å². The van der Waals surface area contributed by atoms with Gasteiger partial charge in [0.15, 0.2) is 9.84 Å². The number of ether oxygens (including phenoxy) is 2. The molecule has 0 aliphatic carbocycles. The Balaban J connectivity index is 2.23. The summed E-state index contributed by atoms with van der Waals surface area (Å²) >= 11 is 1.32. The summed E-state index contributed by atoms with van der Waals surface area (Å²) in [5.74, 6) is -2.31. The zero-order valence-electron chi connectivity index (χ0n) is 19.6. The molecule has 0 amide bonds. The molecule has 3 rings (SSSR count). The Bertz CT molecular complexity index is 1190. The summed E-state index contributed by atoms with van der Waals surface area (Å²) in [6, 6.07) is 10.4. The largest absolute Gasteiger partial charge is 0.464 e. The zero-order chi connectivity index (χ0) is 25.1. The average molecular weight is 509 g/mol. The van der Waals surface area contributed by atoms with Gasteiger partial charge in [0, 0.05) is 29.4 Å². The number of thioether (sulfide) groups is 1. The molecule has 2 aromatic rings. The molecule has 0 unspecified atom stereocenters. The summed E-state index contributed by atoms with van der Waals surface area (Å²) in [7, 11) is -2.68. The van der Waals surface area contributed by atoms with Crippen LogP contribution in [0.15, 0.2) is 58.3 Å². The molecule has 0 bridgehead atoms. The highest BCUT2D eigenvalue weighted by atomic mass is 32.2. The number of carbonyl (C=O) groups excluding carboxylic acids is 1. The minimum atomic E-state index is -3.73. The first-order valence-corrected chi connectivity index (χ1v) is 13.7. The molecule has 0 aromatic heterocycles. The molecule has 34 heavy (non-hydrogen) atoms. The smallest absolute Gasteiger partial charge is 0.370 e. The number of methoxy groups -OCH3 is 1. The number of hydrogen-bond donors (Lipinski definition) is 1. The Hall–Kier alpha value is -2.72. The van der Waals surface area contributed by atoms with Gasteiger partial charge in [0.05, 0.1) is 28.3 Å². The van der Waals surface area contributed by atoms with Crippen molar-refractivity contribution in [1.82, 2.24) is 0 Å². The van der Waals surface area contributed by atoms with Crippen molar-refractivity contribution in [2.24, 2.45) is 5.41 Å². The lowest BCUT2D eigenvalue weighted by Gasteiger charge is -2.35. The number of esters is 1. The fourth-order valence-corrected chi connectivity index (χ4v) is 6.79. The predicted molar refractivity (Wildman–Crippen MR) is 133 cm³/mol. The SMILES string of the molecule is CCC1(CC)CN(c2ccc(N)cc2)c2cc(SC)c(O/C=C(\F)C(=O)OC)cc2S(=O)(=O)C1. The van der Waals surface area contributed by atoms with Crippen LogP contribution in [0.5, 0.6) is 5.75 Å². The number of benzene rings is 2. The topological polar surface area (TPSA) is 98.9 Å². The highest BCUT2D eigenvalue weighted by Gasteiger charge is 2.41. The summed E-state index contributed by atoms with van der Waals surface area (Å²) in [6.07, 6.45) is 3.77. The summed E-state index contributed by atoms with van der Waals surface area (Å²) < 4.78 is 50.9. The molecule has 1 aliphatic rings. The molecule has 2 aromatic carbocycles. The average Bonchev–Trinajstić information content (AvgIpc) is 2.93. The van der Waals surface area contributed by atoms with Crippen molar-refractivity contribution in [3.63, 3.8) is 0 Å². The second-order valence-electron chi connectivity index (χ2n) is 8.19. The molecule has 1 heterocycles. The zero-order valence-corrected chi connectivity index (χ0v) is 21.3. The molecule has 0 atom stereocenters. The van der Waals surface area contributed by atoms with Gasteiger partial charge < -0.3 is 20.1 Å². The van der Waals surface area contributed by atoms with E-state index in [4.69, 9.17) is 10.5 Å². The third-order valence-electron chi connectivity index (χ3n) is 6.24. The number of nitrogens with zero attached hydrogens (tertiary/aromatic N) is 1. The molecule has 0 spiro atoms. The number of sulfone groups is 1. The van der Waals surface area contributed by atoms with Crippen molar-refractivity contribution in [3.8, 4) is 5.75 Å². The highest BCUT2D eigenvalue weighted by molar-refractivity contribution is 7.98. The summed E-state index contributed by atoms with van der Waals surface area (Å²) in [5.41, 5.74) is 7.35. The minimum Gasteiger partial charge on any atom is -0.464 e. The van der Waals surface area contributed by atoms with Gasteiger partial charge >= 0.3 is 5.97 Å². The number of nitrogen functional groups attached to an aromatic ring is 1. The van der Waals surface area contributed by atoms with Crippen LogP contribution in [0.3, 0.4) is 0 Å². The third-order valence-corrected chi connectivity index (χ3v) is 8.98. The van der Waals surface area contributed by atoms with Gasteiger partial charge in [-0.25, -0.2) is 13.2 Å². The van der Waals surface area contributed by atoms with E-state index in [1.54, 1.807) is 24.5 Å². The Morgan fingerprint density at radius 1 is 1.24 bits per heavy atom. The Labute approximate surface area is 204 Å². The van der Waals surface area contributed by atoms with Crippen LogP contribution < -0.4 is 15.4 Å². The first kappa shape index (κ1) is 25.9. The first-order chi connectivity index (χ1) is 16.1. The standard InChI is InChI=1S/C24H29FN2O5S2/c1-5-24(6-2)14-27(17-9-7-16(26)8-10-17)19-11-21(33-4)20(12-22(19)34(29,30)15-24)32-13-18(25)23(28)31-3/h7-13H,5-6,14-15,26H2,1-4H3/b18-13-. The first-order valence-electron chi connectivity index (χ1n) is 10.8. The van der Waals surface area contributed by atoms with Crippen LogP contribution in [0.2, 0.25) is 0 Å². The van der Waals surface area contributed by atoms with Crippen molar-refractivity contribution in [2.75, 3.05) is 36.3 Å². The Kier molecular flexibility index (Phi) is 7.82. The fourth-order valence-electron chi connectivity index (χ4n) is 4.01. The van der Waals surface area contributed by atoms with Crippen molar-refractivity contribution in [1.29, 1.82) is 0 Å². The summed E-state index contributed by atoms with van der Waals surface area (Å²) in [4.78, 5) is 14.0. The van der Waals surface area contributed by atoms with E-state index in [0.717, 1.165) is 12.8 Å². The van der Waals surface area contributed by atoms with Gasteiger partial charge in [-0.1, -0.05) is 13.8 Å². The van der Waals surface area contributed by atoms with Crippen LogP contribution in [-0.4, -0.2) is 40.1 Å². The van der Waals surface area contributed by atoms with Crippen molar-refractivity contribution in [3.05, 3.63) is 48.5 Å². The molecular formula is C24H29FN2O5S2. The molecule has 0 radical (unpaired) electrons. The van der Waals surface area contributed by atoms with E-state index in [1.165, 1.54) is 17.8 Å². The lowest BCUT2D eigenvalue weighted by molar-refractivity contribution is -0.137. The molecule has 184 valence electrons. The number of anilines is 3. The van der Waals surface area contributed by atoms with E-state index in [0.29, 0.717) is 41.9 Å². The Morgan fingerprint density at radius 2 is 1.88 bits per heavy atom. The number of rotatable bonds is 7. The van der Waals surface area contributed by atoms with Crippen LogP contribution in [0.1, 0.15) is 26.7 Å². The molecule has 0 fully saturated rings. The highest BCUT2D eigenvalue weighted by Crippen LogP contribution is 2.46. The lowest BCUT2D eigenvalue weighted by Crippen LogP contribution is -2.37. The van der Waals surface area contributed by atoms with Gasteiger partial charge in [0.25, 0.3) is 0 Å². The molecule has 10 heteroatoms. The van der Waals surface area contributed by atoms with Crippen molar-refractivity contribution >= 4 is 44.6 Å². The second-order valence-corrected chi connectivity index (χ2v) is 11.0. The number of carbonyl (C=O) groups is 1. The van der Waals surface area contributed by atoms with E-state index in [1.807, 2.05) is 30.9 Å². The van der Waals surface area contributed by atoms with Gasteiger partial charge in [-0.2, -0.15) is 4.39 Å². The van der Waals surface area contributed by atoms with Crippen molar-refractivity contribution in [2.45, 2.75) is 36.5 Å². The maximum atomic E-state index is 13.9. The van der Waals surface area contributed by atoms with E-state index in [2.05, 4.69) is 4.74 Å². The molecule has 7 nitrogen and oxygen atoms in total. The van der Waals surface area contributed by atoms with Gasteiger partial charge in [-0.15, -0.1) is 11.8 Å². The maximum Gasteiger partial charge on any atom is 0.370 e. The monoisotopic (exact) mass is 508 g/mol. The van der Waals surface area contributed by atoms with Gasteiger partial charge in [-0.3, -0.25) is 0 Å². The minimum absolute atomic E-state index is 0.0319. The van der Waals surface area contributed by atoms with E-state index in [-0.39, 0.29) is 16.4 Å². The molecule has 1 aliphatic heterocycles. The lowest BCUT2D eigenvalue weighted by atomic mass is 9.83. The Morgan fingerprint density at radius 3 is 2.44 bits per heavy atom. The third kappa shape index (κ3) is 5.17. The van der Waals surface area contributed by atoms with E-state index in [9.17, 15) is 17.6 Å². The van der Waals surface area contributed by atoms with E-state index < -0.39 is 27.0 Å². The van der Waals surface area contributed by atoms with Crippen molar-refractivity contribution < 1.29 is 27.1 Å². The van der Waals surface area contributed by atoms with E-state index >= 15 is 0 Å². The van der Waals surface area contributed by atoms with Crippen LogP contribution in [0.4, 0.5) is 21.5 Å². The summed E-state index contributed by atoms with van der Waals surface area (Å²) in [5, 5.41) is 0. The molecule has 2 N–H and O–H groups in total. The van der Waals surface area contributed by atoms with Gasteiger partial charge in [0.2, 0.25) is 5.83 Å². The summed E-state index contributed by atoms with van der Waals surface area (Å²) in [6.45, 7) is 4.50. The molecule has 0 saturated heterocycles. The molecular weight excluding hydrogens is 479 g/mol. The fraction of sp³-hybridized carbons (Fsp3) is 0.375. The maximum absolute atomic E-state index is 13.9. The van der Waals surface area contributed by atoms with Crippen LogP contribution in [0, 0.1) is 5.41 Å². The number of halogens is 1. The quantitative estimate of drug-likeness (QED) is 0.182. The van der Waals surface area contributed by atoms with Gasteiger partial charge in [-0.05, 0) is 49.4 Å². The number of hydrogen-bond acceptors (Lipinski definition) is 8. The molecule has 0 saturated carbocycles. The van der Waals surface area contributed by atoms with Crippen LogP contribution >= 0.6 is 11.8 Å². The van der Waals surface area contributed by atoms with Gasteiger partial charge in [0.1, 0.15) is 12.0 Å². The normalized spacial score (nSPS) is 17.0. The van der Waals surface area contributed by atoms with Crippen LogP contribution in [-0.2, 0) is 19.4 Å².